The number of rotatable bonds is 12. The van der Waals surface area contributed by atoms with Crippen molar-refractivity contribution in [2.45, 2.75) is 111 Å². The number of nitrogens with zero attached hydrogens (tertiary/aromatic N) is 2. The van der Waals surface area contributed by atoms with Crippen LogP contribution in [0, 0.1) is 31.1 Å². The highest BCUT2D eigenvalue weighted by atomic mass is 16.6. The number of ether oxygens (including phenoxy) is 2. The number of hydrogen-bond acceptors (Lipinski definition) is 7. The van der Waals surface area contributed by atoms with Crippen LogP contribution in [0.1, 0.15) is 90.1 Å². The number of hydrogen-bond donors (Lipinski definition) is 2. The fourth-order valence-corrected chi connectivity index (χ4v) is 5.02. The van der Waals surface area contributed by atoms with Gasteiger partial charge in [-0.2, -0.15) is 5.26 Å². The zero-order chi connectivity index (χ0) is 34.8. The molecule has 0 saturated heterocycles. The first kappa shape index (κ1) is 37.8. The molecule has 0 spiro atoms. The van der Waals surface area contributed by atoms with Crippen LogP contribution in [0.25, 0.3) is 0 Å². The Balaban J connectivity index is 2.67. The molecule has 2 rings (SSSR count). The average Bonchev–Trinajstić information content (AvgIpc) is 2.94. The van der Waals surface area contributed by atoms with E-state index in [1.54, 1.807) is 48.5 Å². The van der Waals surface area contributed by atoms with E-state index in [4.69, 9.17) is 9.47 Å². The summed E-state index contributed by atoms with van der Waals surface area (Å²) >= 11 is 0. The lowest BCUT2D eigenvalue weighted by Crippen LogP contribution is -2.56. The summed E-state index contributed by atoms with van der Waals surface area (Å²) in [5, 5.41) is 15.5. The van der Waals surface area contributed by atoms with Gasteiger partial charge in [-0.3, -0.25) is 9.59 Å². The van der Waals surface area contributed by atoms with Gasteiger partial charge in [0.2, 0.25) is 11.8 Å². The van der Waals surface area contributed by atoms with E-state index in [1.807, 2.05) is 75.4 Å². The Kier molecular flexibility index (Phi) is 13.4. The highest BCUT2D eigenvalue weighted by Crippen LogP contribution is 2.30. The molecule has 250 valence electrons. The molecule has 0 aliphatic rings. The predicted octanol–water partition coefficient (Wildman–Crippen LogP) is 5.71. The molecule has 0 aromatic heterocycles. The lowest BCUT2D eigenvalue weighted by atomic mass is 9.91. The zero-order valence-corrected chi connectivity index (χ0v) is 28.9. The largest absolute Gasteiger partial charge is 0.458 e. The van der Waals surface area contributed by atoms with Crippen molar-refractivity contribution < 1.29 is 28.7 Å². The minimum absolute atomic E-state index is 0.142. The number of nitrogens with one attached hydrogen (secondary N) is 2. The number of benzene rings is 2. The molecule has 3 amide bonds. The highest BCUT2D eigenvalue weighted by Gasteiger charge is 2.40. The number of nitriles is 1. The van der Waals surface area contributed by atoms with Crippen molar-refractivity contribution in [3.8, 4) is 6.07 Å². The third kappa shape index (κ3) is 11.2. The quantitative estimate of drug-likeness (QED) is 0.226. The summed E-state index contributed by atoms with van der Waals surface area (Å²) in [6.45, 7) is 17.2. The molecule has 4 atom stereocenters. The van der Waals surface area contributed by atoms with E-state index < -0.39 is 59.7 Å². The van der Waals surface area contributed by atoms with Gasteiger partial charge in [-0.25, -0.2) is 9.59 Å². The van der Waals surface area contributed by atoms with Gasteiger partial charge in [0, 0.05) is 6.42 Å². The summed E-state index contributed by atoms with van der Waals surface area (Å²) in [4.78, 5) is 56.4. The molecular formula is C36H50N4O6. The molecule has 0 aliphatic heterocycles. The molecule has 4 unspecified atom stereocenters. The SMILES string of the molecule is CCC(C)C(NC(=O)OC(C)(C)C)C(=O)N(CC#N)C(C(=O)NC(Cc1ccccc1)C(=O)OC(C)(C)C)c1c(C)cccc1C. The Morgan fingerprint density at radius 2 is 1.43 bits per heavy atom. The van der Waals surface area contributed by atoms with Crippen LogP contribution in [0.15, 0.2) is 48.5 Å². The smallest absolute Gasteiger partial charge is 0.408 e. The van der Waals surface area contributed by atoms with Crippen LogP contribution in [0.4, 0.5) is 4.79 Å². The van der Waals surface area contributed by atoms with Gasteiger partial charge in [0.1, 0.15) is 35.9 Å². The van der Waals surface area contributed by atoms with Gasteiger partial charge in [0.05, 0.1) is 6.07 Å². The van der Waals surface area contributed by atoms with E-state index in [9.17, 15) is 24.4 Å². The van der Waals surface area contributed by atoms with Gasteiger partial charge < -0.3 is 25.0 Å². The van der Waals surface area contributed by atoms with Gasteiger partial charge in [0.25, 0.3) is 0 Å². The molecule has 46 heavy (non-hydrogen) atoms. The van der Waals surface area contributed by atoms with Gasteiger partial charge >= 0.3 is 12.1 Å². The lowest BCUT2D eigenvalue weighted by molar-refractivity contribution is -0.159. The second-order valence-corrected chi connectivity index (χ2v) is 13.6. The minimum Gasteiger partial charge on any atom is -0.458 e. The van der Waals surface area contributed by atoms with Gasteiger partial charge in [0.15, 0.2) is 0 Å². The molecule has 0 fully saturated rings. The molecule has 2 N–H and O–H groups in total. The predicted molar refractivity (Wildman–Crippen MR) is 177 cm³/mol. The number of esters is 1. The summed E-state index contributed by atoms with van der Waals surface area (Å²) in [6, 6.07) is 13.2. The fraction of sp³-hybridized carbons (Fsp3) is 0.528. The second-order valence-electron chi connectivity index (χ2n) is 13.6. The number of amides is 3. The Bertz CT molecular complexity index is 1380. The number of carbonyl (C=O) groups excluding carboxylic acids is 4. The maximum Gasteiger partial charge on any atom is 0.408 e. The molecule has 0 radical (unpaired) electrons. The van der Waals surface area contributed by atoms with Crippen molar-refractivity contribution in [2.75, 3.05) is 6.54 Å². The van der Waals surface area contributed by atoms with Crippen LogP contribution in [0.3, 0.4) is 0 Å². The molecule has 0 saturated carbocycles. The Morgan fingerprint density at radius 3 is 1.93 bits per heavy atom. The van der Waals surface area contributed by atoms with Crippen molar-refractivity contribution in [3.63, 3.8) is 0 Å². The van der Waals surface area contributed by atoms with Crippen LogP contribution in [-0.2, 0) is 30.3 Å². The summed E-state index contributed by atoms with van der Waals surface area (Å²) < 4.78 is 11.1. The van der Waals surface area contributed by atoms with Crippen molar-refractivity contribution in [2.24, 2.45) is 5.92 Å². The number of carbonyl (C=O) groups is 4. The molecular weight excluding hydrogens is 584 g/mol. The summed E-state index contributed by atoms with van der Waals surface area (Å²) in [5.74, 6) is -2.28. The standard InChI is InChI=1S/C36H50N4O6/c1-11-23(2)29(39-34(44)46-36(8,9)10)32(42)40(21-20-37)30(28-24(3)16-15-17-25(28)4)31(41)38-27(33(43)45-35(5,6)7)22-26-18-13-12-14-19-26/h12-19,23,27,29-30H,11,21-22H2,1-10H3,(H,38,41)(H,39,44). The maximum absolute atomic E-state index is 14.5. The van der Waals surface area contributed by atoms with Crippen LogP contribution in [-0.4, -0.2) is 58.6 Å². The summed E-state index contributed by atoms with van der Waals surface area (Å²) in [6.07, 6.45) is -0.128. The minimum atomic E-state index is -1.30. The molecule has 10 nitrogen and oxygen atoms in total. The van der Waals surface area contributed by atoms with Gasteiger partial charge in [-0.15, -0.1) is 0 Å². The number of aryl methyl sites for hydroxylation is 2. The summed E-state index contributed by atoms with van der Waals surface area (Å²) in [5.41, 5.74) is 1.12. The van der Waals surface area contributed by atoms with Crippen LogP contribution < -0.4 is 10.6 Å². The Labute approximate surface area is 273 Å². The van der Waals surface area contributed by atoms with Crippen molar-refractivity contribution in [1.29, 1.82) is 5.26 Å². The maximum atomic E-state index is 14.5. The first-order valence-electron chi connectivity index (χ1n) is 15.7. The molecule has 0 heterocycles. The average molecular weight is 635 g/mol. The van der Waals surface area contributed by atoms with Gasteiger partial charge in [-0.1, -0.05) is 68.8 Å². The molecule has 10 heteroatoms. The van der Waals surface area contributed by atoms with Crippen molar-refractivity contribution in [3.05, 3.63) is 70.8 Å². The first-order valence-corrected chi connectivity index (χ1v) is 15.7. The second kappa shape index (κ2) is 16.3. The Morgan fingerprint density at radius 1 is 0.870 bits per heavy atom. The highest BCUT2D eigenvalue weighted by molar-refractivity contribution is 5.94. The lowest BCUT2D eigenvalue weighted by Gasteiger charge is -2.36. The van der Waals surface area contributed by atoms with E-state index in [0.29, 0.717) is 23.1 Å². The first-order chi connectivity index (χ1) is 21.4. The van der Waals surface area contributed by atoms with E-state index in [-0.39, 0.29) is 12.3 Å². The van der Waals surface area contributed by atoms with E-state index in [2.05, 4.69) is 10.6 Å². The third-order valence-corrected chi connectivity index (χ3v) is 7.34. The Hall–Kier alpha value is -4.39. The summed E-state index contributed by atoms with van der Waals surface area (Å²) in [7, 11) is 0. The van der Waals surface area contributed by atoms with Crippen LogP contribution in [0.2, 0.25) is 0 Å². The zero-order valence-electron chi connectivity index (χ0n) is 28.9. The molecule has 2 aromatic rings. The van der Waals surface area contributed by atoms with Gasteiger partial charge in [-0.05, 0) is 83.6 Å². The fourth-order valence-electron chi connectivity index (χ4n) is 5.02. The van der Waals surface area contributed by atoms with E-state index >= 15 is 0 Å². The topological polar surface area (TPSA) is 138 Å². The third-order valence-electron chi connectivity index (χ3n) is 7.34. The normalized spacial score (nSPS) is 14.1. The molecule has 0 aliphatic carbocycles. The van der Waals surface area contributed by atoms with Crippen LogP contribution in [0.5, 0.6) is 0 Å². The van der Waals surface area contributed by atoms with E-state index in [0.717, 1.165) is 5.56 Å². The van der Waals surface area contributed by atoms with Crippen LogP contribution >= 0.6 is 0 Å². The molecule has 2 aromatic carbocycles. The van der Waals surface area contributed by atoms with Crippen molar-refractivity contribution >= 4 is 23.9 Å². The monoisotopic (exact) mass is 634 g/mol. The van der Waals surface area contributed by atoms with E-state index in [1.165, 1.54) is 4.90 Å². The molecule has 0 bridgehead atoms. The van der Waals surface area contributed by atoms with Crippen molar-refractivity contribution in [1.82, 2.24) is 15.5 Å². The number of alkyl carbamates (subject to hydrolysis) is 1.